The van der Waals surface area contributed by atoms with Crippen LogP contribution in [0.2, 0.25) is 0 Å². The van der Waals surface area contributed by atoms with Gasteiger partial charge in [-0.05, 0) is 6.42 Å². The van der Waals surface area contributed by atoms with E-state index in [-0.39, 0.29) is 11.6 Å². The monoisotopic (exact) mass is 129 g/mol. The number of nitrogens with two attached hydrogens (primary N) is 1. The molecule has 1 aliphatic carbocycles. The van der Waals surface area contributed by atoms with E-state index in [0.29, 0.717) is 18.5 Å². The van der Waals surface area contributed by atoms with E-state index in [1.165, 1.54) is 0 Å². The summed E-state index contributed by atoms with van der Waals surface area (Å²) in [4.78, 5) is 0. The normalized spacial score (nSPS) is 19.9. The third-order valence-corrected chi connectivity index (χ3v) is 1.26. The van der Waals surface area contributed by atoms with Gasteiger partial charge in [0.15, 0.2) is 0 Å². The van der Waals surface area contributed by atoms with Crippen molar-refractivity contribution >= 4 is 0 Å². The van der Waals surface area contributed by atoms with Crippen LogP contribution in [-0.4, -0.2) is 5.11 Å². The summed E-state index contributed by atoms with van der Waals surface area (Å²) in [6.07, 6.45) is 1.79. The van der Waals surface area contributed by atoms with Crippen molar-refractivity contribution in [1.29, 1.82) is 0 Å². The van der Waals surface area contributed by atoms with Gasteiger partial charge in [0.05, 0.1) is 5.70 Å². The van der Waals surface area contributed by atoms with Crippen LogP contribution in [0.4, 0.5) is 4.39 Å². The first-order valence-corrected chi connectivity index (χ1v) is 2.74. The van der Waals surface area contributed by atoms with Crippen molar-refractivity contribution in [3.63, 3.8) is 0 Å². The minimum Gasteiger partial charge on any atom is -0.506 e. The molecule has 9 heavy (non-hydrogen) atoms. The molecule has 0 saturated carbocycles. The van der Waals surface area contributed by atoms with E-state index in [1.807, 2.05) is 0 Å². The van der Waals surface area contributed by atoms with Crippen LogP contribution in [0, 0.1) is 0 Å². The lowest BCUT2D eigenvalue weighted by Gasteiger charge is -2.07. The molecule has 0 fully saturated rings. The van der Waals surface area contributed by atoms with Crippen LogP contribution in [0.15, 0.2) is 23.4 Å². The Labute approximate surface area is 52.5 Å². The number of hydrogen-bond acceptors (Lipinski definition) is 2. The van der Waals surface area contributed by atoms with Crippen LogP contribution < -0.4 is 5.73 Å². The van der Waals surface area contributed by atoms with Gasteiger partial charge >= 0.3 is 0 Å². The minimum atomic E-state index is -0.304. The van der Waals surface area contributed by atoms with E-state index < -0.39 is 0 Å². The Balaban J connectivity index is 2.83. The largest absolute Gasteiger partial charge is 0.506 e. The summed E-state index contributed by atoms with van der Waals surface area (Å²) in [5.74, 6) is -0.430. The average Bonchev–Trinajstić information content (AvgIpc) is 1.80. The summed E-state index contributed by atoms with van der Waals surface area (Å²) in [5.41, 5.74) is 5.63. The lowest BCUT2D eigenvalue weighted by Crippen LogP contribution is -2.05. The fourth-order valence-electron chi connectivity index (χ4n) is 0.695. The Morgan fingerprint density at radius 1 is 1.56 bits per heavy atom. The molecular weight excluding hydrogens is 121 g/mol. The first kappa shape index (κ1) is 6.13. The molecule has 0 amide bonds. The molecular formula is C6H8FNO. The molecule has 1 rings (SSSR count). The fourth-order valence-corrected chi connectivity index (χ4v) is 0.695. The number of halogens is 1. The zero-order valence-corrected chi connectivity index (χ0v) is 4.89. The van der Waals surface area contributed by atoms with Crippen molar-refractivity contribution in [2.24, 2.45) is 5.73 Å². The molecule has 0 bridgehead atoms. The Morgan fingerprint density at radius 3 is 2.67 bits per heavy atom. The molecule has 0 aromatic heterocycles. The highest BCUT2D eigenvalue weighted by atomic mass is 19.1. The third kappa shape index (κ3) is 1.22. The molecule has 0 unspecified atom stereocenters. The number of allylic oxidation sites excluding steroid dienone is 3. The molecule has 2 nitrogen and oxygen atoms in total. The predicted molar refractivity (Wildman–Crippen MR) is 32.3 cm³/mol. The third-order valence-electron chi connectivity index (χ3n) is 1.26. The summed E-state index contributed by atoms with van der Waals surface area (Å²) >= 11 is 0. The molecule has 0 atom stereocenters. The van der Waals surface area contributed by atoms with Gasteiger partial charge < -0.3 is 10.8 Å². The molecule has 1 aliphatic rings. The summed E-state index contributed by atoms with van der Waals surface area (Å²) < 4.78 is 12.2. The Morgan fingerprint density at radius 2 is 2.22 bits per heavy atom. The van der Waals surface area contributed by atoms with E-state index in [2.05, 4.69) is 0 Å². The highest BCUT2D eigenvalue weighted by molar-refractivity contribution is 5.23. The molecule has 3 N–H and O–H groups in total. The SMILES string of the molecule is NC1=C(O)C=C(F)CC1. The van der Waals surface area contributed by atoms with E-state index in [1.54, 1.807) is 0 Å². The van der Waals surface area contributed by atoms with Crippen molar-refractivity contribution in [3.8, 4) is 0 Å². The first-order valence-electron chi connectivity index (χ1n) is 2.74. The minimum absolute atomic E-state index is 0.126. The van der Waals surface area contributed by atoms with Crippen molar-refractivity contribution in [3.05, 3.63) is 23.4 Å². The Bertz CT molecular complexity index is 183. The standard InChI is InChI=1S/C6H8FNO/c7-4-1-2-5(8)6(9)3-4/h3,9H,1-2,8H2. The van der Waals surface area contributed by atoms with Gasteiger partial charge in [-0.15, -0.1) is 0 Å². The summed E-state index contributed by atoms with van der Waals surface area (Å²) in [6.45, 7) is 0. The van der Waals surface area contributed by atoms with Crippen molar-refractivity contribution < 1.29 is 9.50 Å². The van der Waals surface area contributed by atoms with Gasteiger partial charge in [-0.3, -0.25) is 0 Å². The molecule has 0 aromatic rings. The Kier molecular flexibility index (Phi) is 1.42. The second-order valence-electron chi connectivity index (χ2n) is 2.00. The number of aliphatic hydroxyl groups excluding tert-OH is 1. The zero-order chi connectivity index (χ0) is 6.85. The maximum atomic E-state index is 12.2. The van der Waals surface area contributed by atoms with Crippen LogP contribution in [0.1, 0.15) is 12.8 Å². The van der Waals surface area contributed by atoms with Gasteiger partial charge in [-0.1, -0.05) is 0 Å². The molecule has 0 saturated heterocycles. The van der Waals surface area contributed by atoms with E-state index >= 15 is 0 Å². The molecule has 3 heteroatoms. The quantitative estimate of drug-likeness (QED) is 0.518. The molecule has 0 radical (unpaired) electrons. The number of rotatable bonds is 0. The van der Waals surface area contributed by atoms with Crippen LogP contribution >= 0.6 is 0 Å². The van der Waals surface area contributed by atoms with Crippen molar-refractivity contribution in [2.45, 2.75) is 12.8 Å². The van der Waals surface area contributed by atoms with E-state index in [0.717, 1.165) is 6.08 Å². The number of aliphatic hydroxyl groups is 1. The van der Waals surface area contributed by atoms with Crippen LogP contribution in [0.3, 0.4) is 0 Å². The molecule has 0 aromatic carbocycles. The molecule has 0 spiro atoms. The summed E-state index contributed by atoms with van der Waals surface area (Å²) in [7, 11) is 0. The Hall–Kier alpha value is -0.990. The summed E-state index contributed by atoms with van der Waals surface area (Å²) in [5, 5.41) is 8.79. The topological polar surface area (TPSA) is 46.2 Å². The lowest BCUT2D eigenvalue weighted by atomic mass is 10.1. The fraction of sp³-hybridized carbons (Fsp3) is 0.333. The van der Waals surface area contributed by atoms with E-state index in [9.17, 15) is 4.39 Å². The summed E-state index contributed by atoms with van der Waals surface area (Å²) in [6, 6.07) is 0. The van der Waals surface area contributed by atoms with Gasteiger partial charge in [-0.25, -0.2) is 4.39 Å². The van der Waals surface area contributed by atoms with Crippen LogP contribution in [0.25, 0.3) is 0 Å². The van der Waals surface area contributed by atoms with Crippen molar-refractivity contribution in [1.82, 2.24) is 0 Å². The highest BCUT2D eigenvalue weighted by Gasteiger charge is 2.08. The molecule has 0 aliphatic heterocycles. The predicted octanol–water partition coefficient (Wildman–Crippen LogP) is 1.36. The number of hydrogen-bond donors (Lipinski definition) is 2. The van der Waals surface area contributed by atoms with Crippen LogP contribution in [-0.2, 0) is 0 Å². The maximum Gasteiger partial charge on any atom is 0.136 e. The van der Waals surface area contributed by atoms with Gasteiger partial charge in [0, 0.05) is 12.5 Å². The maximum absolute atomic E-state index is 12.2. The smallest absolute Gasteiger partial charge is 0.136 e. The van der Waals surface area contributed by atoms with Gasteiger partial charge in [-0.2, -0.15) is 0 Å². The first-order chi connectivity index (χ1) is 4.20. The average molecular weight is 129 g/mol. The van der Waals surface area contributed by atoms with Gasteiger partial charge in [0.25, 0.3) is 0 Å². The zero-order valence-electron chi connectivity index (χ0n) is 4.89. The van der Waals surface area contributed by atoms with Crippen molar-refractivity contribution in [2.75, 3.05) is 0 Å². The molecule has 0 heterocycles. The van der Waals surface area contributed by atoms with Gasteiger partial charge in [0.2, 0.25) is 0 Å². The molecule has 50 valence electrons. The van der Waals surface area contributed by atoms with E-state index in [4.69, 9.17) is 10.8 Å². The highest BCUT2D eigenvalue weighted by Crippen LogP contribution is 2.19. The van der Waals surface area contributed by atoms with Gasteiger partial charge in [0.1, 0.15) is 11.6 Å². The lowest BCUT2D eigenvalue weighted by molar-refractivity contribution is 0.407. The second-order valence-corrected chi connectivity index (χ2v) is 2.00. The second kappa shape index (κ2) is 2.09. The van der Waals surface area contributed by atoms with Crippen LogP contribution in [0.5, 0.6) is 0 Å².